The molecule has 0 spiro atoms. The molecule has 4 fully saturated rings. The van der Waals surface area contributed by atoms with Crippen LogP contribution in [0.5, 0.6) is 0 Å². The first kappa shape index (κ1) is 17.6. The number of piperidine rings is 1. The number of halogens is 1. The average molecular weight is 385 g/mol. The highest BCUT2D eigenvalue weighted by molar-refractivity contribution is 6.02. The number of benzene rings is 1. The number of rotatable bonds is 4. The predicted molar refractivity (Wildman–Crippen MR) is 98.9 cm³/mol. The lowest BCUT2D eigenvalue weighted by molar-refractivity contribution is -0.135. The zero-order valence-electron chi connectivity index (χ0n) is 15.8. The molecule has 4 aliphatic rings. The maximum absolute atomic E-state index is 13.2. The van der Waals surface area contributed by atoms with E-state index in [0.717, 1.165) is 31.2 Å². The Morgan fingerprint density at radius 1 is 0.964 bits per heavy atom. The molecule has 7 heteroatoms. The summed E-state index contributed by atoms with van der Waals surface area (Å²) in [7, 11) is 0. The molecule has 2 aliphatic carbocycles. The molecule has 2 saturated heterocycles. The third kappa shape index (κ3) is 2.79. The van der Waals surface area contributed by atoms with Crippen LogP contribution >= 0.6 is 0 Å². The highest BCUT2D eigenvalue weighted by Crippen LogP contribution is 2.50. The molecular formula is C21H24FN3O3. The SMILES string of the molecule is O=C1CN(C2CCN(C(=O)C3(c4ccc(F)cc4)CC3)CC2)C(=O)N1C1CC1. The highest BCUT2D eigenvalue weighted by atomic mass is 19.1. The molecule has 148 valence electrons. The van der Waals surface area contributed by atoms with E-state index in [1.54, 1.807) is 17.0 Å². The van der Waals surface area contributed by atoms with E-state index in [4.69, 9.17) is 0 Å². The zero-order valence-corrected chi connectivity index (χ0v) is 15.8. The van der Waals surface area contributed by atoms with Crippen molar-refractivity contribution >= 4 is 17.8 Å². The number of nitrogens with zero attached hydrogens (tertiary/aromatic N) is 3. The molecule has 28 heavy (non-hydrogen) atoms. The topological polar surface area (TPSA) is 60.9 Å². The van der Waals surface area contributed by atoms with Crippen molar-refractivity contribution in [2.75, 3.05) is 19.6 Å². The normalized spacial score (nSPS) is 24.8. The molecule has 0 aromatic heterocycles. The summed E-state index contributed by atoms with van der Waals surface area (Å²) in [5, 5.41) is 0. The van der Waals surface area contributed by atoms with Crippen LogP contribution in [-0.2, 0) is 15.0 Å². The van der Waals surface area contributed by atoms with E-state index in [1.165, 1.54) is 17.0 Å². The van der Waals surface area contributed by atoms with Crippen molar-refractivity contribution in [3.05, 3.63) is 35.6 Å². The third-order valence-corrected chi connectivity index (χ3v) is 6.69. The number of hydrogen-bond donors (Lipinski definition) is 0. The molecule has 6 nitrogen and oxygen atoms in total. The van der Waals surface area contributed by atoms with E-state index in [2.05, 4.69) is 0 Å². The fourth-order valence-corrected chi connectivity index (χ4v) is 4.72. The van der Waals surface area contributed by atoms with Crippen molar-refractivity contribution in [2.24, 2.45) is 0 Å². The zero-order chi connectivity index (χ0) is 19.5. The van der Waals surface area contributed by atoms with Gasteiger partial charge in [0, 0.05) is 25.2 Å². The first-order valence-electron chi connectivity index (χ1n) is 10.2. The van der Waals surface area contributed by atoms with Crippen molar-refractivity contribution in [1.82, 2.24) is 14.7 Å². The molecule has 2 saturated carbocycles. The van der Waals surface area contributed by atoms with Crippen molar-refractivity contribution in [1.29, 1.82) is 0 Å². The molecule has 1 aromatic carbocycles. The number of carbonyl (C=O) groups is 3. The van der Waals surface area contributed by atoms with Crippen LogP contribution < -0.4 is 0 Å². The lowest BCUT2D eigenvalue weighted by Gasteiger charge is -2.37. The maximum Gasteiger partial charge on any atom is 0.327 e. The van der Waals surface area contributed by atoms with Gasteiger partial charge in [0.05, 0.1) is 5.41 Å². The summed E-state index contributed by atoms with van der Waals surface area (Å²) in [5.41, 5.74) is 0.393. The van der Waals surface area contributed by atoms with Gasteiger partial charge in [-0.1, -0.05) is 12.1 Å². The number of hydrogen-bond acceptors (Lipinski definition) is 3. The summed E-state index contributed by atoms with van der Waals surface area (Å²) in [6.07, 6.45) is 4.83. The maximum atomic E-state index is 13.2. The Balaban J connectivity index is 1.23. The van der Waals surface area contributed by atoms with Crippen LogP contribution in [0.15, 0.2) is 24.3 Å². The van der Waals surface area contributed by atoms with Crippen molar-refractivity contribution in [3.63, 3.8) is 0 Å². The molecule has 2 heterocycles. The minimum atomic E-state index is -0.497. The molecule has 5 rings (SSSR count). The first-order chi connectivity index (χ1) is 13.5. The molecule has 4 amide bonds. The van der Waals surface area contributed by atoms with Crippen LogP contribution in [-0.4, -0.2) is 64.3 Å². The Labute approximate surface area is 163 Å². The third-order valence-electron chi connectivity index (χ3n) is 6.69. The number of carbonyl (C=O) groups excluding carboxylic acids is 3. The van der Waals surface area contributed by atoms with Crippen LogP contribution in [0, 0.1) is 5.82 Å². The summed E-state index contributed by atoms with van der Waals surface area (Å²) in [5.74, 6) is -0.266. The molecular weight excluding hydrogens is 361 g/mol. The van der Waals surface area contributed by atoms with Gasteiger partial charge in [-0.2, -0.15) is 0 Å². The Morgan fingerprint density at radius 3 is 2.18 bits per heavy atom. The van der Waals surface area contributed by atoms with Crippen LogP contribution in [0.2, 0.25) is 0 Å². The fourth-order valence-electron chi connectivity index (χ4n) is 4.72. The van der Waals surface area contributed by atoms with Crippen LogP contribution in [0.4, 0.5) is 9.18 Å². The van der Waals surface area contributed by atoms with E-state index < -0.39 is 5.41 Å². The van der Waals surface area contributed by atoms with Gasteiger partial charge in [0.1, 0.15) is 12.4 Å². The van der Waals surface area contributed by atoms with Crippen molar-refractivity contribution in [3.8, 4) is 0 Å². The second-order valence-corrected chi connectivity index (χ2v) is 8.52. The smallest absolute Gasteiger partial charge is 0.327 e. The lowest BCUT2D eigenvalue weighted by atomic mass is 9.92. The van der Waals surface area contributed by atoms with Gasteiger partial charge in [-0.25, -0.2) is 9.18 Å². The Kier molecular flexibility index (Phi) is 3.96. The van der Waals surface area contributed by atoms with E-state index >= 15 is 0 Å². The van der Waals surface area contributed by atoms with Gasteiger partial charge in [-0.3, -0.25) is 14.5 Å². The number of amides is 4. The Morgan fingerprint density at radius 2 is 1.61 bits per heavy atom. The summed E-state index contributed by atoms with van der Waals surface area (Å²) < 4.78 is 13.2. The van der Waals surface area contributed by atoms with Gasteiger partial charge in [0.25, 0.3) is 5.91 Å². The summed E-state index contributed by atoms with van der Waals surface area (Å²) in [6.45, 7) is 1.36. The van der Waals surface area contributed by atoms with Crippen molar-refractivity contribution < 1.29 is 18.8 Å². The van der Waals surface area contributed by atoms with Gasteiger partial charge >= 0.3 is 6.03 Å². The van der Waals surface area contributed by atoms with Gasteiger partial charge in [-0.05, 0) is 56.2 Å². The van der Waals surface area contributed by atoms with Gasteiger partial charge < -0.3 is 9.80 Å². The number of urea groups is 1. The first-order valence-corrected chi connectivity index (χ1v) is 10.2. The van der Waals surface area contributed by atoms with E-state index in [0.29, 0.717) is 25.9 Å². The lowest BCUT2D eigenvalue weighted by Crippen LogP contribution is -2.50. The van der Waals surface area contributed by atoms with E-state index in [1.807, 2.05) is 4.90 Å². The van der Waals surface area contributed by atoms with E-state index in [-0.39, 0.29) is 42.3 Å². The predicted octanol–water partition coefficient (Wildman–Crippen LogP) is 2.27. The highest BCUT2D eigenvalue weighted by Gasteiger charge is 2.54. The standard InChI is InChI=1S/C21H24FN3O3/c22-15-3-1-14(2-4-15)21(9-10-21)19(27)23-11-7-16(8-12-23)24-13-18(26)25(20(24)28)17-5-6-17/h1-4,16-17H,5-13H2. The molecule has 0 radical (unpaired) electrons. The molecule has 0 atom stereocenters. The Bertz CT molecular complexity index is 824. The summed E-state index contributed by atoms with van der Waals surface area (Å²) in [6, 6.07) is 6.24. The van der Waals surface area contributed by atoms with Crippen LogP contribution in [0.25, 0.3) is 0 Å². The van der Waals surface area contributed by atoms with Crippen LogP contribution in [0.1, 0.15) is 44.1 Å². The quantitative estimate of drug-likeness (QED) is 0.747. The second-order valence-electron chi connectivity index (χ2n) is 8.52. The van der Waals surface area contributed by atoms with Gasteiger partial charge in [0.15, 0.2) is 0 Å². The Hall–Kier alpha value is -2.44. The van der Waals surface area contributed by atoms with Crippen LogP contribution in [0.3, 0.4) is 0 Å². The van der Waals surface area contributed by atoms with Gasteiger partial charge in [-0.15, -0.1) is 0 Å². The number of likely N-dealkylation sites (tertiary alicyclic amines) is 1. The molecule has 0 unspecified atom stereocenters. The molecule has 1 aromatic rings. The van der Waals surface area contributed by atoms with E-state index in [9.17, 15) is 18.8 Å². The second kappa shape index (κ2) is 6.29. The molecule has 2 aliphatic heterocycles. The fraction of sp³-hybridized carbons (Fsp3) is 0.571. The summed E-state index contributed by atoms with van der Waals surface area (Å²) >= 11 is 0. The van der Waals surface area contributed by atoms with Crippen molar-refractivity contribution in [2.45, 2.75) is 56.0 Å². The summed E-state index contributed by atoms with van der Waals surface area (Å²) in [4.78, 5) is 43.0. The van der Waals surface area contributed by atoms with Gasteiger partial charge in [0.2, 0.25) is 5.91 Å². The average Bonchev–Trinajstić information content (AvgIpc) is 3.62. The molecule has 0 N–H and O–H groups in total. The largest absolute Gasteiger partial charge is 0.342 e. The number of imide groups is 1. The monoisotopic (exact) mass is 385 g/mol. The molecule has 0 bridgehead atoms. The minimum Gasteiger partial charge on any atom is -0.342 e. The minimum absolute atomic E-state index is 0.0187.